The van der Waals surface area contributed by atoms with Gasteiger partial charge in [0.05, 0.1) is 24.9 Å². The van der Waals surface area contributed by atoms with Crippen LogP contribution in [-0.2, 0) is 10.2 Å². The molecule has 3 heterocycles. The molecule has 3 nitrogen and oxygen atoms in total. The van der Waals surface area contributed by atoms with E-state index in [2.05, 4.69) is 11.4 Å². The standard InChI is InChI=1S/C12H17NO2/c1-2-6-13-10(4-1)12(8-14-9-12)11-5-3-7-15-11/h3,5,7,10,13H,1-2,4,6,8-9H2. The fourth-order valence-corrected chi connectivity index (χ4v) is 2.72. The second-order valence-electron chi connectivity index (χ2n) is 4.63. The lowest BCUT2D eigenvalue weighted by Gasteiger charge is -2.47. The van der Waals surface area contributed by atoms with Gasteiger partial charge >= 0.3 is 0 Å². The van der Waals surface area contributed by atoms with E-state index in [0.29, 0.717) is 6.04 Å². The smallest absolute Gasteiger partial charge is 0.116 e. The Hall–Kier alpha value is -0.800. The Balaban J connectivity index is 1.85. The minimum atomic E-state index is 0.115. The molecule has 2 aliphatic heterocycles. The van der Waals surface area contributed by atoms with Gasteiger partial charge in [0, 0.05) is 6.04 Å². The molecular formula is C12H17NO2. The number of piperidine rings is 1. The number of furan rings is 1. The quantitative estimate of drug-likeness (QED) is 0.801. The summed E-state index contributed by atoms with van der Waals surface area (Å²) in [6.07, 6.45) is 5.62. The van der Waals surface area contributed by atoms with Crippen LogP contribution in [0.25, 0.3) is 0 Å². The molecule has 0 radical (unpaired) electrons. The van der Waals surface area contributed by atoms with Crippen LogP contribution >= 0.6 is 0 Å². The summed E-state index contributed by atoms with van der Waals surface area (Å²) in [5.74, 6) is 1.09. The molecule has 1 aromatic rings. The predicted molar refractivity (Wildman–Crippen MR) is 56.8 cm³/mol. The maximum Gasteiger partial charge on any atom is 0.116 e. The van der Waals surface area contributed by atoms with Gasteiger partial charge in [-0.3, -0.25) is 0 Å². The molecule has 0 aliphatic carbocycles. The van der Waals surface area contributed by atoms with Gasteiger partial charge in [-0.15, -0.1) is 0 Å². The lowest BCUT2D eigenvalue weighted by molar-refractivity contribution is -0.0923. The van der Waals surface area contributed by atoms with E-state index in [9.17, 15) is 0 Å². The molecule has 3 rings (SSSR count). The van der Waals surface area contributed by atoms with E-state index in [-0.39, 0.29) is 5.41 Å². The molecular weight excluding hydrogens is 190 g/mol. The van der Waals surface area contributed by atoms with Crippen molar-refractivity contribution in [3.05, 3.63) is 24.2 Å². The van der Waals surface area contributed by atoms with Crippen LogP contribution in [0.2, 0.25) is 0 Å². The molecule has 0 aromatic carbocycles. The molecule has 2 saturated heterocycles. The average molecular weight is 207 g/mol. The molecule has 0 amide bonds. The molecule has 3 heteroatoms. The van der Waals surface area contributed by atoms with Crippen molar-refractivity contribution in [1.29, 1.82) is 0 Å². The molecule has 1 atom stereocenters. The highest BCUT2D eigenvalue weighted by molar-refractivity contribution is 5.22. The summed E-state index contributed by atoms with van der Waals surface area (Å²) in [7, 11) is 0. The Bertz CT molecular complexity index is 310. The van der Waals surface area contributed by atoms with Crippen LogP contribution in [0.15, 0.2) is 22.8 Å². The van der Waals surface area contributed by atoms with Gasteiger partial charge in [0.1, 0.15) is 5.76 Å². The van der Waals surface area contributed by atoms with E-state index >= 15 is 0 Å². The summed E-state index contributed by atoms with van der Waals surface area (Å²) >= 11 is 0. The molecule has 15 heavy (non-hydrogen) atoms. The Morgan fingerprint density at radius 2 is 2.27 bits per heavy atom. The summed E-state index contributed by atoms with van der Waals surface area (Å²) in [5, 5.41) is 3.61. The number of nitrogens with one attached hydrogen (secondary N) is 1. The summed E-state index contributed by atoms with van der Waals surface area (Å²) in [6.45, 7) is 2.74. The first-order valence-corrected chi connectivity index (χ1v) is 5.77. The summed E-state index contributed by atoms with van der Waals surface area (Å²) < 4.78 is 11.0. The number of rotatable bonds is 2. The van der Waals surface area contributed by atoms with Gasteiger partial charge in [-0.2, -0.15) is 0 Å². The van der Waals surface area contributed by atoms with Crippen molar-refractivity contribution in [3.63, 3.8) is 0 Å². The summed E-state index contributed by atoms with van der Waals surface area (Å²) in [4.78, 5) is 0. The van der Waals surface area contributed by atoms with Crippen LogP contribution in [0.1, 0.15) is 25.0 Å². The Morgan fingerprint density at radius 1 is 1.33 bits per heavy atom. The molecule has 2 fully saturated rings. The van der Waals surface area contributed by atoms with Crippen LogP contribution in [-0.4, -0.2) is 25.8 Å². The van der Waals surface area contributed by atoms with Crippen molar-refractivity contribution >= 4 is 0 Å². The SMILES string of the molecule is c1coc(C2(C3CCCCN3)COC2)c1. The maximum atomic E-state index is 5.57. The normalized spacial score (nSPS) is 29.7. The van der Waals surface area contributed by atoms with Crippen molar-refractivity contribution < 1.29 is 9.15 Å². The number of ether oxygens (including phenoxy) is 1. The van der Waals surface area contributed by atoms with Crippen molar-refractivity contribution in [2.75, 3.05) is 19.8 Å². The first kappa shape index (κ1) is 9.43. The van der Waals surface area contributed by atoms with Crippen LogP contribution in [0.5, 0.6) is 0 Å². The van der Waals surface area contributed by atoms with Crippen molar-refractivity contribution in [2.24, 2.45) is 0 Å². The molecule has 0 spiro atoms. The highest BCUT2D eigenvalue weighted by Gasteiger charge is 2.49. The van der Waals surface area contributed by atoms with Crippen molar-refractivity contribution in [2.45, 2.75) is 30.7 Å². The number of hydrogen-bond acceptors (Lipinski definition) is 3. The van der Waals surface area contributed by atoms with Gasteiger partial charge in [0.15, 0.2) is 0 Å². The minimum Gasteiger partial charge on any atom is -0.469 e. The molecule has 2 aliphatic rings. The van der Waals surface area contributed by atoms with E-state index in [1.165, 1.54) is 19.3 Å². The second kappa shape index (κ2) is 3.65. The van der Waals surface area contributed by atoms with Crippen LogP contribution in [0, 0.1) is 0 Å². The zero-order chi connectivity index (χ0) is 10.1. The Kier molecular flexibility index (Phi) is 2.29. The largest absolute Gasteiger partial charge is 0.469 e. The number of hydrogen-bond donors (Lipinski definition) is 1. The monoisotopic (exact) mass is 207 g/mol. The molecule has 1 N–H and O–H groups in total. The molecule has 82 valence electrons. The van der Waals surface area contributed by atoms with Gasteiger partial charge in [-0.25, -0.2) is 0 Å². The molecule has 1 unspecified atom stereocenters. The van der Waals surface area contributed by atoms with Crippen LogP contribution < -0.4 is 5.32 Å². The highest BCUT2D eigenvalue weighted by atomic mass is 16.5. The third kappa shape index (κ3) is 1.42. The maximum absolute atomic E-state index is 5.57. The fraction of sp³-hybridized carbons (Fsp3) is 0.667. The predicted octanol–water partition coefficient (Wildman–Crippen LogP) is 1.69. The summed E-state index contributed by atoms with van der Waals surface area (Å²) in [5.41, 5.74) is 0.115. The van der Waals surface area contributed by atoms with Gasteiger partial charge in [-0.1, -0.05) is 6.42 Å². The van der Waals surface area contributed by atoms with E-state index in [1.807, 2.05) is 6.07 Å². The van der Waals surface area contributed by atoms with Gasteiger partial charge in [0.2, 0.25) is 0 Å². The minimum absolute atomic E-state index is 0.115. The fourth-order valence-electron chi connectivity index (χ4n) is 2.72. The van der Waals surface area contributed by atoms with Gasteiger partial charge < -0.3 is 14.5 Å². The lowest BCUT2D eigenvalue weighted by Crippen LogP contribution is -2.61. The average Bonchev–Trinajstić information content (AvgIpc) is 2.72. The first-order chi connectivity index (χ1) is 7.42. The Labute approximate surface area is 89.8 Å². The molecule has 0 saturated carbocycles. The van der Waals surface area contributed by atoms with Crippen LogP contribution in [0.3, 0.4) is 0 Å². The molecule has 1 aromatic heterocycles. The van der Waals surface area contributed by atoms with E-state index in [0.717, 1.165) is 25.5 Å². The van der Waals surface area contributed by atoms with Gasteiger partial charge in [0.25, 0.3) is 0 Å². The zero-order valence-electron chi connectivity index (χ0n) is 8.87. The summed E-state index contributed by atoms with van der Waals surface area (Å²) in [6, 6.07) is 4.59. The van der Waals surface area contributed by atoms with Crippen LogP contribution in [0.4, 0.5) is 0 Å². The van der Waals surface area contributed by atoms with E-state index in [4.69, 9.17) is 9.15 Å². The third-order valence-corrected chi connectivity index (χ3v) is 3.71. The second-order valence-corrected chi connectivity index (χ2v) is 4.63. The highest BCUT2D eigenvalue weighted by Crippen LogP contribution is 2.38. The van der Waals surface area contributed by atoms with Crippen molar-refractivity contribution in [3.8, 4) is 0 Å². The third-order valence-electron chi connectivity index (χ3n) is 3.71. The molecule has 0 bridgehead atoms. The topological polar surface area (TPSA) is 34.4 Å². The zero-order valence-corrected chi connectivity index (χ0v) is 8.87. The van der Waals surface area contributed by atoms with Crippen molar-refractivity contribution in [1.82, 2.24) is 5.32 Å². The Morgan fingerprint density at radius 3 is 2.80 bits per heavy atom. The first-order valence-electron chi connectivity index (χ1n) is 5.77. The van der Waals surface area contributed by atoms with E-state index < -0.39 is 0 Å². The lowest BCUT2D eigenvalue weighted by atomic mass is 9.73. The van der Waals surface area contributed by atoms with E-state index in [1.54, 1.807) is 6.26 Å². The van der Waals surface area contributed by atoms with Gasteiger partial charge in [-0.05, 0) is 31.5 Å².